The van der Waals surface area contributed by atoms with Crippen LogP contribution in [0.3, 0.4) is 0 Å². The van der Waals surface area contributed by atoms with Gasteiger partial charge in [0.2, 0.25) is 0 Å². The summed E-state index contributed by atoms with van der Waals surface area (Å²) in [5.41, 5.74) is 1.35. The molecule has 0 aromatic rings. The highest BCUT2D eigenvalue weighted by Crippen LogP contribution is 2.22. The van der Waals surface area contributed by atoms with E-state index in [1.54, 1.807) is 0 Å². The Hall–Kier alpha value is -0.535. The average Bonchev–Trinajstić information content (AvgIpc) is 2.63. The lowest BCUT2D eigenvalue weighted by molar-refractivity contribution is -0.0504. The smallest absolute Gasteiger partial charge is 0.158 e. The Bertz CT molecular complexity index is 217. The zero-order valence-corrected chi connectivity index (χ0v) is 7.32. The van der Waals surface area contributed by atoms with Gasteiger partial charge in [-0.05, 0) is 5.92 Å². The minimum absolute atomic E-state index is 0.0294. The van der Waals surface area contributed by atoms with Crippen LogP contribution in [0, 0.1) is 5.92 Å². The predicted octanol–water partition coefficient (Wildman–Crippen LogP) is 0.452. The second-order valence-electron chi connectivity index (χ2n) is 3.34. The minimum atomic E-state index is 0.0294. The first-order valence-electron chi connectivity index (χ1n) is 4.44. The van der Waals surface area contributed by atoms with Gasteiger partial charge in [-0.25, -0.2) is 0 Å². The van der Waals surface area contributed by atoms with Crippen LogP contribution in [0.25, 0.3) is 0 Å². The lowest BCUT2D eigenvalue weighted by Gasteiger charge is -2.11. The molecule has 0 amide bonds. The molecule has 0 N–H and O–H groups in total. The fourth-order valence-electron chi connectivity index (χ4n) is 1.64. The molecule has 1 fully saturated rings. The SMILES string of the molecule is BC1=CC(CC2OCCO2)C=C1. The normalized spacial score (nSPS) is 29.7. The molecule has 0 radical (unpaired) electrons. The van der Waals surface area contributed by atoms with E-state index in [2.05, 4.69) is 26.1 Å². The van der Waals surface area contributed by atoms with Crippen molar-refractivity contribution in [2.45, 2.75) is 12.7 Å². The molecule has 12 heavy (non-hydrogen) atoms. The Morgan fingerprint density at radius 3 is 2.75 bits per heavy atom. The van der Waals surface area contributed by atoms with E-state index >= 15 is 0 Å². The second kappa shape index (κ2) is 3.46. The first-order chi connectivity index (χ1) is 5.84. The molecule has 0 spiro atoms. The van der Waals surface area contributed by atoms with E-state index in [4.69, 9.17) is 9.47 Å². The number of rotatable bonds is 2. The molecular weight excluding hydrogens is 151 g/mol. The molecule has 1 aliphatic heterocycles. The molecule has 0 aromatic heterocycles. The highest BCUT2D eigenvalue weighted by molar-refractivity contribution is 6.23. The van der Waals surface area contributed by atoms with Crippen LogP contribution in [0.2, 0.25) is 0 Å². The number of hydrogen-bond acceptors (Lipinski definition) is 2. The van der Waals surface area contributed by atoms with Gasteiger partial charge >= 0.3 is 0 Å². The van der Waals surface area contributed by atoms with E-state index in [1.807, 2.05) is 0 Å². The molecule has 1 saturated heterocycles. The van der Waals surface area contributed by atoms with Gasteiger partial charge < -0.3 is 9.47 Å². The summed E-state index contributed by atoms with van der Waals surface area (Å²) in [7, 11) is 2.12. The maximum atomic E-state index is 5.36. The molecule has 2 aliphatic rings. The van der Waals surface area contributed by atoms with Gasteiger partial charge in [0.05, 0.1) is 13.2 Å². The van der Waals surface area contributed by atoms with Gasteiger partial charge in [-0.15, -0.1) is 0 Å². The van der Waals surface area contributed by atoms with E-state index in [0.29, 0.717) is 5.92 Å². The van der Waals surface area contributed by atoms with E-state index in [-0.39, 0.29) is 6.29 Å². The Morgan fingerprint density at radius 2 is 2.17 bits per heavy atom. The maximum absolute atomic E-state index is 5.36. The molecular formula is C9H13BO2. The van der Waals surface area contributed by atoms with E-state index in [1.165, 1.54) is 5.47 Å². The first-order valence-corrected chi connectivity index (χ1v) is 4.44. The van der Waals surface area contributed by atoms with E-state index in [0.717, 1.165) is 19.6 Å². The molecule has 2 nitrogen and oxygen atoms in total. The zero-order valence-electron chi connectivity index (χ0n) is 7.32. The summed E-state index contributed by atoms with van der Waals surface area (Å²) in [4.78, 5) is 0. The Morgan fingerprint density at radius 1 is 1.42 bits per heavy atom. The van der Waals surface area contributed by atoms with Gasteiger partial charge in [0.25, 0.3) is 0 Å². The predicted molar refractivity (Wildman–Crippen MR) is 49.6 cm³/mol. The van der Waals surface area contributed by atoms with Gasteiger partial charge in [0.15, 0.2) is 6.29 Å². The summed E-state index contributed by atoms with van der Waals surface area (Å²) in [6.07, 6.45) is 7.61. The molecule has 0 aromatic carbocycles. The van der Waals surface area contributed by atoms with Gasteiger partial charge in [-0.2, -0.15) is 0 Å². The summed E-state index contributed by atoms with van der Waals surface area (Å²) in [6, 6.07) is 0. The van der Waals surface area contributed by atoms with Gasteiger partial charge in [-0.1, -0.05) is 23.7 Å². The molecule has 0 bridgehead atoms. The molecule has 1 atom stereocenters. The van der Waals surface area contributed by atoms with Crippen LogP contribution in [0.15, 0.2) is 23.7 Å². The summed E-state index contributed by atoms with van der Waals surface area (Å²) in [6.45, 7) is 1.51. The van der Waals surface area contributed by atoms with Gasteiger partial charge in [0.1, 0.15) is 7.85 Å². The monoisotopic (exact) mass is 164 g/mol. The second-order valence-corrected chi connectivity index (χ2v) is 3.34. The third-order valence-corrected chi connectivity index (χ3v) is 2.24. The quantitative estimate of drug-likeness (QED) is 0.551. The van der Waals surface area contributed by atoms with Crippen LogP contribution in [0.4, 0.5) is 0 Å². The highest BCUT2D eigenvalue weighted by atomic mass is 16.7. The molecule has 0 saturated carbocycles. The van der Waals surface area contributed by atoms with Crippen molar-refractivity contribution < 1.29 is 9.47 Å². The fraction of sp³-hybridized carbons (Fsp3) is 0.556. The van der Waals surface area contributed by atoms with Crippen molar-refractivity contribution in [2.24, 2.45) is 5.92 Å². The lowest BCUT2D eigenvalue weighted by atomic mass is 9.96. The summed E-state index contributed by atoms with van der Waals surface area (Å²) in [5.74, 6) is 0.521. The highest BCUT2D eigenvalue weighted by Gasteiger charge is 2.19. The Kier molecular flexibility index (Phi) is 2.33. The fourth-order valence-corrected chi connectivity index (χ4v) is 1.64. The number of allylic oxidation sites excluding steroid dienone is 4. The molecule has 64 valence electrons. The van der Waals surface area contributed by atoms with Crippen LogP contribution < -0.4 is 0 Å². The van der Waals surface area contributed by atoms with Gasteiger partial charge in [0, 0.05) is 6.42 Å². The third kappa shape index (κ3) is 1.79. The Balaban J connectivity index is 1.83. The van der Waals surface area contributed by atoms with Crippen molar-refractivity contribution in [3.8, 4) is 0 Å². The van der Waals surface area contributed by atoms with Crippen molar-refractivity contribution in [1.82, 2.24) is 0 Å². The van der Waals surface area contributed by atoms with E-state index < -0.39 is 0 Å². The molecule has 1 unspecified atom stereocenters. The van der Waals surface area contributed by atoms with Crippen molar-refractivity contribution >= 4 is 7.85 Å². The topological polar surface area (TPSA) is 18.5 Å². The molecule has 1 heterocycles. The first kappa shape index (κ1) is 8.08. The maximum Gasteiger partial charge on any atom is 0.158 e. The van der Waals surface area contributed by atoms with Crippen molar-refractivity contribution in [3.63, 3.8) is 0 Å². The lowest BCUT2D eigenvalue weighted by Crippen LogP contribution is -2.11. The average molecular weight is 164 g/mol. The van der Waals surface area contributed by atoms with Crippen LogP contribution in [-0.4, -0.2) is 27.4 Å². The largest absolute Gasteiger partial charge is 0.350 e. The molecule has 1 aliphatic carbocycles. The standard InChI is InChI=1S/C9H13BO2/c10-8-2-1-7(5-8)6-9-11-3-4-12-9/h1-2,5,7,9H,3-4,6,10H2. The summed E-state index contributed by atoms with van der Waals surface area (Å²) < 4.78 is 10.7. The zero-order chi connectivity index (χ0) is 8.39. The Labute approximate surface area is 73.6 Å². The summed E-state index contributed by atoms with van der Waals surface area (Å²) >= 11 is 0. The van der Waals surface area contributed by atoms with Crippen molar-refractivity contribution in [1.29, 1.82) is 0 Å². The van der Waals surface area contributed by atoms with Crippen molar-refractivity contribution in [2.75, 3.05) is 13.2 Å². The van der Waals surface area contributed by atoms with Crippen LogP contribution in [0.1, 0.15) is 6.42 Å². The molecule has 2 rings (SSSR count). The number of hydrogen-bond donors (Lipinski definition) is 0. The minimum Gasteiger partial charge on any atom is -0.350 e. The molecule has 3 heteroatoms. The van der Waals surface area contributed by atoms with Crippen LogP contribution in [0.5, 0.6) is 0 Å². The summed E-state index contributed by atoms with van der Waals surface area (Å²) in [5, 5.41) is 0. The third-order valence-electron chi connectivity index (χ3n) is 2.24. The van der Waals surface area contributed by atoms with Crippen LogP contribution >= 0.6 is 0 Å². The van der Waals surface area contributed by atoms with Crippen LogP contribution in [-0.2, 0) is 9.47 Å². The van der Waals surface area contributed by atoms with E-state index in [9.17, 15) is 0 Å². The van der Waals surface area contributed by atoms with Crippen molar-refractivity contribution in [3.05, 3.63) is 23.7 Å². The van der Waals surface area contributed by atoms with Gasteiger partial charge in [-0.3, -0.25) is 0 Å². The number of ether oxygens (including phenoxy) is 2.